The zero-order valence-corrected chi connectivity index (χ0v) is 18.7. The Balaban J connectivity index is 1.72. The third-order valence-corrected chi connectivity index (χ3v) is 5.83. The number of allylic oxidation sites excluding steroid dienone is 1. The average molecular weight is 486 g/mol. The van der Waals surface area contributed by atoms with Crippen LogP contribution >= 0.6 is 27.7 Å². The van der Waals surface area contributed by atoms with E-state index in [0.29, 0.717) is 23.6 Å². The lowest BCUT2D eigenvalue weighted by Gasteiger charge is -2.25. The number of carbonyl (C=O) groups excluding carboxylic acids is 2. The minimum atomic E-state index is -0.343. The number of carbonyl (C=O) groups is 2. The average Bonchev–Trinajstić information content (AvgIpc) is 2.74. The van der Waals surface area contributed by atoms with Gasteiger partial charge in [0.15, 0.2) is 0 Å². The van der Waals surface area contributed by atoms with E-state index in [-0.39, 0.29) is 29.2 Å². The van der Waals surface area contributed by atoms with Gasteiger partial charge in [-0.15, -0.1) is 0 Å². The van der Waals surface area contributed by atoms with E-state index in [1.165, 1.54) is 0 Å². The van der Waals surface area contributed by atoms with Crippen LogP contribution in [-0.4, -0.2) is 23.5 Å². The van der Waals surface area contributed by atoms with Crippen molar-refractivity contribution in [2.75, 3.05) is 17.7 Å². The molecule has 6 nitrogen and oxygen atoms in total. The summed E-state index contributed by atoms with van der Waals surface area (Å²) in [4.78, 5) is 24.5. The molecule has 0 fully saturated rings. The number of rotatable bonds is 6. The highest BCUT2D eigenvalue weighted by atomic mass is 79.9. The fourth-order valence-corrected chi connectivity index (χ4v) is 4.07. The van der Waals surface area contributed by atoms with Crippen molar-refractivity contribution in [3.63, 3.8) is 0 Å². The van der Waals surface area contributed by atoms with Gasteiger partial charge in [0, 0.05) is 33.9 Å². The monoisotopic (exact) mass is 485 g/mol. The zero-order chi connectivity index (χ0) is 21.5. The first kappa shape index (κ1) is 21.9. The molecule has 0 spiro atoms. The largest absolute Gasteiger partial charge is 0.494 e. The Morgan fingerprint density at radius 1 is 1.27 bits per heavy atom. The number of hydrogen-bond donors (Lipinski definition) is 2. The zero-order valence-electron chi connectivity index (χ0n) is 16.3. The van der Waals surface area contributed by atoms with E-state index >= 15 is 0 Å². The van der Waals surface area contributed by atoms with Gasteiger partial charge in [0.05, 0.1) is 18.2 Å². The molecule has 154 valence electrons. The van der Waals surface area contributed by atoms with Gasteiger partial charge in [-0.05, 0) is 48.9 Å². The first-order valence-electron chi connectivity index (χ1n) is 9.35. The molecule has 0 aliphatic carbocycles. The Morgan fingerprint density at radius 2 is 1.97 bits per heavy atom. The molecular weight excluding hydrogens is 466 g/mol. The summed E-state index contributed by atoms with van der Waals surface area (Å²) in [5, 5.41) is 15.0. The van der Waals surface area contributed by atoms with Crippen LogP contribution in [0.25, 0.3) is 0 Å². The highest BCUT2D eigenvalue weighted by Crippen LogP contribution is 2.34. The number of hydrogen-bond acceptors (Lipinski definition) is 5. The molecular formula is C22H20BrN3O3S. The van der Waals surface area contributed by atoms with Crippen molar-refractivity contribution < 1.29 is 14.3 Å². The lowest BCUT2D eigenvalue weighted by atomic mass is 9.85. The summed E-state index contributed by atoms with van der Waals surface area (Å²) in [7, 11) is 0. The van der Waals surface area contributed by atoms with Crippen molar-refractivity contribution in [2.45, 2.75) is 19.3 Å². The second kappa shape index (κ2) is 10.3. The molecule has 1 heterocycles. The van der Waals surface area contributed by atoms with Crippen molar-refractivity contribution in [3.8, 4) is 11.8 Å². The van der Waals surface area contributed by atoms with E-state index in [2.05, 4.69) is 32.6 Å². The molecule has 0 saturated heterocycles. The summed E-state index contributed by atoms with van der Waals surface area (Å²) in [5.41, 5.74) is 2.49. The number of anilines is 1. The minimum Gasteiger partial charge on any atom is -0.494 e. The van der Waals surface area contributed by atoms with Gasteiger partial charge < -0.3 is 15.4 Å². The normalized spacial score (nSPS) is 15.9. The van der Waals surface area contributed by atoms with Crippen LogP contribution in [0.3, 0.4) is 0 Å². The minimum absolute atomic E-state index is 0.170. The van der Waals surface area contributed by atoms with Crippen LogP contribution < -0.4 is 15.4 Å². The Hall–Kier alpha value is -2.76. The van der Waals surface area contributed by atoms with E-state index in [1.54, 1.807) is 12.1 Å². The second-order valence-electron chi connectivity index (χ2n) is 6.52. The Labute approximate surface area is 187 Å². The van der Waals surface area contributed by atoms with Gasteiger partial charge in [0.2, 0.25) is 5.91 Å². The van der Waals surface area contributed by atoms with Gasteiger partial charge >= 0.3 is 0 Å². The van der Waals surface area contributed by atoms with Crippen LogP contribution in [0.4, 0.5) is 10.5 Å². The maximum absolute atomic E-state index is 12.3. The summed E-state index contributed by atoms with van der Waals surface area (Å²) < 4.78 is 6.38. The van der Waals surface area contributed by atoms with Gasteiger partial charge in [-0.2, -0.15) is 5.26 Å². The van der Waals surface area contributed by atoms with E-state index in [0.717, 1.165) is 27.5 Å². The maximum atomic E-state index is 12.3. The van der Waals surface area contributed by atoms with E-state index < -0.39 is 0 Å². The van der Waals surface area contributed by atoms with Crippen LogP contribution in [0.2, 0.25) is 0 Å². The van der Waals surface area contributed by atoms with Gasteiger partial charge in [0.25, 0.3) is 5.24 Å². The first-order chi connectivity index (χ1) is 14.5. The van der Waals surface area contributed by atoms with E-state index in [4.69, 9.17) is 4.74 Å². The molecule has 30 heavy (non-hydrogen) atoms. The fraction of sp³-hybridized carbons (Fsp3) is 0.227. The summed E-state index contributed by atoms with van der Waals surface area (Å²) in [6.45, 7) is 2.48. The van der Waals surface area contributed by atoms with Crippen molar-refractivity contribution in [1.82, 2.24) is 5.32 Å². The van der Waals surface area contributed by atoms with Crippen LogP contribution in [0.5, 0.6) is 5.75 Å². The van der Waals surface area contributed by atoms with Crippen molar-refractivity contribution >= 4 is 44.5 Å². The molecule has 2 aromatic carbocycles. The molecule has 0 saturated carbocycles. The van der Waals surface area contributed by atoms with Crippen LogP contribution in [0, 0.1) is 11.3 Å². The van der Waals surface area contributed by atoms with E-state index in [1.807, 2.05) is 43.3 Å². The SMILES string of the molecule is CCOc1ccc(C2CC(=O)NC(CSC(=O)Nc3ccc(Br)cc3)=C2C#N)cc1. The Bertz CT molecular complexity index is 998. The molecule has 8 heteroatoms. The topological polar surface area (TPSA) is 91.2 Å². The number of nitrogens with zero attached hydrogens (tertiary/aromatic N) is 1. The standard InChI is InChI=1S/C22H20BrN3O3S/c1-2-29-17-9-3-14(4-10-17)18-11-21(27)26-20(19(18)12-24)13-30-22(28)25-16-7-5-15(23)6-8-16/h3-10,18H,2,11,13H2,1H3,(H,25,28)(H,26,27). The lowest BCUT2D eigenvalue weighted by molar-refractivity contribution is -0.121. The molecule has 0 aromatic heterocycles. The summed E-state index contributed by atoms with van der Waals surface area (Å²) >= 11 is 4.35. The van der Waals surface area contributed by atoms with E-state index in [9.17, 15) is 14.9 Å². The highest BCUT2D eigenvalue weighted by Gasteiger charge is 2.29. The number of ether oxygens (including phenoxy) is 1. The van der Waals surface area contributed by atoms with Crippen molar-refractivity contribution in [2.24, 2.45) is 0 Å². The molecule has 2 aromatic rings. The number of nitriles is 1. The number of benzene rings is 2. The van der Waals surface area contributed by atoms with Gasteiger partial charge in [-0.1, -0.05) is 39.8 Å². The first-order valence-corrected chi connectivity index (χ1v) is 11.1. The molecule has 1 unspecified atom stereocenters. The predicted molar refractivity (Wildman–Crippen MR) is 121 cm³/mol. The predicted octanol–water partition coefficient (Wildman–Crippen LogP) is 5.19. The summed E-state index contributed by atoms with van der Waals surface area (Å²) in [6.07, 6.45) is 0.191. The van der Waals surface area contributed by atoms with Crippen molar-refractivity contribution in [1.29, 1.82) is 5.26 Å². The number of thioether (sulfide) groups is 1. The Kier molecular flexibility index (Phi) is 7.55. The molecule has 3 rings (SSSR count). The molecule has 1 atom stereocenters. The number of amides is 2. The molecule has 1 aliphatic heterocycles. The molecule has 0 bridgehead atoms. The quantitative estimate of drug-likeness (QED) is 0.586. The second-order valence-corrected chi connectivity index (χ2v) is 8.38. The van der Waals surface area contributed by atoms with Gasteiger partial charge in [0.1, 0.15) is 5.75 Å². The maximum Gasteiger partial charge on any atom is 0.283 e. The lowest BCUT2D eigenvalue weighted by Crippen LogP contribution is -2.33. The molecule has 0 radical (unpaired) electrons. The van der Waals surface area contributed by atoms with Crippen LogP contribution in [0.15, 0.2) is 64.3 Å². The van der Waals surface area contributed by atoms with Gasteiger partial charge in [-0.3, -0.25) is 9.59 Å². The van der Waals surface area contributed by atoms with Crippen molar-refractivity contribution in [3.05, 3.63) is 69.8 Å². The smallest absolute Gasteiger partial charge is 0.283 e. The molecule has 2 amide bonds. The fourth-order valence-electron chi connectivity index (χ4n) is 3.12. The molecule has 1 aliphatic rings. The van der Waals surface area contributed by atoms with Gasteiger partial charge in [-0.25, -0.2) is 0 Å². The van der Waals surface area contributed by atoms with Crippen LogP contribution in [0.1, 0.15) is 24.8 Å². The third kappa shape index (κ3) is 5.65. The number of halogens is 1. The summed E-state index contributed by atoms with van der Waals surface area (Å²) in [5.74, 6) is 0.426. The Morgan fingerprint density at radius 3 is 2.60 bits per heavy atom. The third-order valence-electron chi connectivity index (χ3n) is 4.51. The van der Waals surface area contributed by atoms with Crippen LogP contribution in [-0.2, 0) is 4.79 Å². The highest BCUT2D eigenvalue weighted by molar-refractivity contribution is 9.10. The summed E-state index contributed by atoms with van der Waals surface area (Å²) in [6, 6.07) is 16.9. The number of nitrogens with one attached hydrogen (secondary N) is 2. The molecule has 2 N–H and O–H groups in total.